The van der Waals surface area contributed by atoms with Gasteiger partial charge < -0.3 is 5.73 Å². The average Bonchev–Trinajstić information content (AvgIpc) is 2.69. The van der Waals surface area contributed by atoms with Crippen LogP contribution < -0.4 is 10.5 Å². The van der Waals surface area contributed by atoms with E-state index in [1.807, 2.05) is 0 Å². The van der Waals surface area contributed by atoms with E-state index in [4.69, 9.17) is 5.73 Å². The molecule has 0 spiro atoms. The minimum absolute atomic E-state index is 0.00269. The van der Waals surface area contributed by atoms with Crippen LogP contribution in [0.4, 0.5) is 5.82 Å². The molecule has 2 rings (SSSR count). The van der Waals surface area contributed by atoms with Gasteiger partial charge in [0.15, 0.2) is 15.7 Å². The molecule has 2 heterocycles. The first-order valence-electron chi connectivity index (χ1n) is 5.21. The van der Waals surface area contributed by atoms with Gasteiger partial charge in [0.25, 0.3) is 0 Å². The number of nitrogen functional groups attached to an aromatic ring is 1. The van der Waals surface area contributed by atoms with Crippen LogP contribution in [0, 0.1) is 0 Å². The molecule has 1 atom stereocenters. The summed E-state index contributed by atoms with van der Waals surface area (Å²) in [7, 11) is -5.41. The molecule has 0 amide bonds. The third-order valence-electron chi connectivity index (χ3n) is 2.67. The number of aromatic nitrogens is 2. The molecule has 1 fully saturated rings. The van der Waals surface area contributed by atoms with Crippen molar-refractivity contribution in [2.45, 2.75) is 17.4 Å². The zero-order valence-electron chi connectivity index (χ0n) is 9.70. The first kappa shape index (κ1) is 13.3. The van der Waals surface area contributed by atoms with Crippen LogP contribution in [-0.2, 0) is 26.9 Å². The van der Waals surface area contributed by atoms with Crippen molar-refractivity contribution in [3.05, 3.63) is 6.20 Å². The van der Waals surface area contributed by atoms with Crippen LogP contribution in [-0.4, -0.2) is 44.2 Å². The fraction of sp³-hybridized carbons (Fsp3) is 0.625. The van der Waals surface area contributed by atoms with E-state index >= 15 is 0 Å². The van der Waals surface area contributed by atoms with Gasteiger partial charge in [0.1, 0.15) is 4.90 Å². The minimum Gasteiger partial charge on any atom is -0.381 e. The molecule has 10 heteroatoms. The minimum atomic E-state index is -3.83. The first-order valence-corrected chi connectivity index (χ1v) is 8.52. The number of aryl methyl sites for hydroxylation is 1. The molecule has 0 aromatic carbocycles. The molecule has 0 bridgehead atoms. The van der Waals surface area contributed by atoms with E-state index in [2.05, 4.69) is 9.82 Å². The van der Waals surface area contributed by atoms with Gasteiger partial charge in [-0.1, -0.05) is 0 Å². The molecular weight excluding hydrogens is 280 g/mol. The zero-order valence-corrected chi connectivity index (χ0v) is 11.3. The summed E-state index contributed by atoms with van der Waals surface area (Å²) in [5, 5.41) is 3.74. The summed E-state index contributed by atoms with van der Waals surface area (Å²) in [5.74, 6) is -0.277. The fourth-order valence-corrected chi connectivity index (χ4v) is 5.02. The summed E-state index contributed by atoms with van der Waals surface area (Å²) in [6.07, 6.45) is 1.56. The summed E-state index contributed by atoms with van der Waals surface area (Å²) in [6.45, 7) is 0. The smallest absolute Gasteiger partial charge is 0.246 e. The molecule has 1 aliphatic rings. The van der Waals surface area contributed by atoms with Crippen molar-refractivity contribution < 1.29 is 16.8 Å². The van der Waals surface area contributed by atoms with Gasteiger partial charge in [0.05, 0.1) is 11.5 Å². The number of sulfone groups is 1. The number of nitrogens with zero attached hydrogens (tertiary/aromatic N) is 2. The van der Waals surface area contributed by atoms with Gasteiger partial charge in [-0.2, -0.15) is 5.10 Å². The van der Waals surface area contributed by atoms with Crippen molar-refractivity contribution >= 4 is 25.7 Å². The Morgan fingerprint density at radius 1 is 1.56 bits per heavy atom. The lowest BCUT2D eigenvalue weighted by molar-refractivity contribution is 0.562. The van der Waals surface area contributed by atoms with Gasteiger partial charge in [-0.25, -0.2) is 21.6 Å². The van der Waals surface area contributed by atoms with Crippen LogP contribution in [0.3, 0.4) is 0 Å². The van der Waals surface area contributed by atoms with Gasteiger partial charge in [-0.3, -0.25) is 4.68 Å². The van der Waals surface area contributed by atoms with Crippen LogP contribution in [0.1, 0.15) is 6.42 Å². The molecule has 8 nitrogen and oxygen atoms in total. The molecule has 102 valence electrons. The number of rotatable bonds is 3. The maximum Gasteiger partial charge on any atom is 0.246 e. The molecule has 1 saturated heterocycles. The molecule has 3 N–H and O–H groups in total. The quantitative estimate of drug-likeness (QED) is 0.696. The van der Waals surface area contributed by atoms with Crippen molar-refractivity contribution in [2.24, 2.45) is 7.05 Å². The normalized spacial score (nSPS) is 23.3. The Hall–Kier alpha value is -1.13. The second-order valence-electron chi connectivity index (χ2n) is 4.27. The van der Waals surface area contributed by atoms with Gasteiger partial charge in [-0.15, -0.1) is 0 Å². The summed E-state index contributed by atoms with van der Waals surface area (Å²) < 4.78 is 50.1. The highest BCUT2D eigenvalue weighted by Gasteiger charge is 2.32. The van der Waals surface area contributed by atoms with E-state index in [0.717, 1.165) is 0 Å². The number of hydrogen-bond acceptors (Lipinski definition) is 6. The number of hydrogen-bond donors (Lipinski definition) is 2. The van der Waals surface area contributed by atoms with Crippen LogP contribution in [0.25, 0.3) is 0 Å². The fourth-order valence-electron chi connectivity index (χ4n) is 1.86. The van der Waals surface area contributed by atoms with E-state index in [0.29, 0.717) is 0 Å². The van der Waals surface area contributed by atoms with Gasteiger partial charge >= 0.3 is 0 Å². The number of sulfonamides is 1. The predicted octanol–water partition coefficient (Wildman–Crippen LogP) is -1.53. The standard InChI is InChI=1S/C8H14N4O4S2/c1-12-4-7(8(9)10-12)18(15,16)11-6-2-3-17(13,14)5-6/h4,6,11H,2-3,5H2,1H3,(H2,9,10). The Morgan fingerprint density at radius 3 is 2.67 bits per heavy atom. The molecule has 18 heavy (non-hydrogen) atoms. The van der Waals surface area contributed by atoms with Crippen molar-refractivity contribution in [3.8, 4) is 0 Å². The SMILES string of the molecule is Cn1cc(S(=O)(=O)NC2CCS(=O)(=O)C2)c(N)n1. The molecule has 1 unspecified atom stereocenters. The topological polar surface area (TPSA) is 124 Å². The van der Waals surface area contributed by atoms with Crippen LogP contribution >= 0.6 is 0 Å². The van der Waals surface area contributed by atoms with Crippen LogP contribution in [0.2, 0.25) is 0 Å². The Kier molecular flexibility index (Phi) is 3.11. The highest BCUT2D eigenvalue weighted by molar-refractivity contribution is 7.92. The number of nitrogens with two attached hydrogens (primary N) is 1. The zero-order chi connectivity index (χ0) is 13.6. The van der Waals surface area contributed by atoms with E-state index < -0.39 is 25.9 Å². The summed E-state index contributed by atoms with van der Waals surface area (Å²) in [4.78, 5) is -0.130. The van der Waals surface area contributed by atoms with E-state index in [-0.39, 0.29) is 28.6 Å². The Bertz CT molecular complexity index is 661. The Balaban J connectivity index is 2.21. The largest absolute Gasteiger partial charge is 0.381 e. The highest BCUT2D eigenvalue weighted by atomic mass is 32.2. The van der Waals surface area contributed by atoms with Gasteiger partial charge in [0.2, 0.25) is 10.0 Å². The molecular formula is C8H14N4O4S2. The molecule has 1 aliphatic heterocycles. The second kappa shape index (κ2) is 4.21. The molecule has 1 aromatic rings. The molecule has 0 aliphatic carbocycles. The molecule has 0 saturated carbocycles. The predicted molar refractivity (Wildman–Crippen MR) is 65.0 cm³/mol. The van der Waals surface area contributed by atoms with Crippen molar-refractivity contribution in [2.75, 3.05) is 17.2 Å². The van der Waals surface area contributed by atoms with Crippen LogP contribution in [0.5, 0.6) is 0 Å². The van der Waals surface area contributed by atoms with E-state index in [9.17, 15) is 16.8 Å². The maximum absolute atomic E-state index is 12.0. The third kappa shape index (κ3) is 2.65. The van der Waals surface area contributed by atoms with E-state index in [1.165, 1.54) is 10.9 Å². The van der Waals surface area contributed by atoms with E-state index in [1.54, 1.807) is 7.05 Å². The second-order valence-corrected chi connectivity index (χ2v) is 8.18. The molecule has 0 radical (unpaired) electrons. The maximum atomic E-state index is 12.0. The number of nitrogens with one attached hydrogen (secondary N) is 1. The summed E-state index contributed by atoms with van der Waals surface area (Å²) in [5.41, 5.74) is 5.49. The van der Waals surface area contributed by atoms with Crippen molar-refractivity contribution in [1.82, 2.24) is 14.5 Å². The lowest BCUT2D eigenvalue weighted by Crippen LogP contribution is -2.35. The monoisotopic (exact) mass is 294 g/mol. The average molecular weight is 294 g/mol. The van der Waals surface area contributed by atoms with Crippen molar-refractivity contribution in [1.29, 1.82) is 0 Å². The van der Waals surface area contributed by atoms with Crippen molar-refractivity contribution in [3.63, 3.8) is 0 Å². The summed E-state index contributed by atoms with van der Waals surface area (Å²) in [6, 6.07) is -0.598. The summed E-state index contributed by atoms with van der Waals surface area (Å²) >= 11 is 0. The molecule has 1 aromatic heterocycles. The van der Waals surface area contributed by atoms with Gasteiger partial charge in [0, 0.05) is 19.3 Å². The number of anilines is 1. The lowest BCUT2D eigenvalue weighted by atomic mass is 10.3. The highest BCUT2D eigenvalue weighted by Crippen LogP contribution is 2.18. The Morgan fingerprint density at radius 2 is 2.22 bits per heavy atom. The van der Waals surface area contributed by atoms with Crippen LogP contribution in [0.15, 0.2) is 11.1 Å². The first-order chi connectivity index (χ1) is 8.20. The van der Waals surface area contributed by atoms with Gasteiger partial charge in [-0.05, 0) is 6.42 Å². The lowest BCUT2D eigenvalue weighted by Gasteiger charge is -2.10. The Labute approximate surface area is 105 Å². The third-order valence-corrected chi connectivity index (χ3v) is 5.97.